The first-order valence-electron chi connectivity index (χ1n) is 7.87. The van der Waals surface area contributed by atoms with E-state index in [1.54, 1.807) is 0 Å². The summed E-state index contributed by atoms with van der Waals surface area (Å²) in [5.41, 5.74) is 3.26. The molecule has 0 saturated heterocycles. The number of carbonyl (C=O) groups is 1. The molecule has 1 aliphatic rings. The highest BCUT2D eigenvalue weighted by molar-refractivity contribution is 5.92. The van der Waals surface area contributed by atoms with Gasteiger partial charge in [0.15, 0.2) is 0 Å². The molecule has 23 heavy (non-hydrogen) atoms. The Bertz CT molecular complexity index is 732. The number of amides is 1. The number of hydrogen-bond donors (Lipinski definition) is 1. The van der Waals surface area contributed by atoms with Gasteiger partial charge in [-0.15, -0.1) is 0 Å². The van der Waals surface area contributed by atoms with Gasteiger partial charge in [0.05, 0.1) is 6.54 Å². The lowest BCUT2D eigenvalue weighted by Gasteiger charge is -2.25. The molecule has 2 aromatic rings. The van der Waals surface area contributed by atoms with Gasteiger partial charge in [0.1, 0.15) is 5.82 Å². The van der Waals surface area contributed by atoms with Gasteiger partial charge in [0.25, 0.3) is 0 Å². The number of anilines is 1. The average molecular weight is 310 g/mol. The fourth-order valence-electron chi connectivity index (χ4n) is 2.86. The zero-order valence-electron chi connectivity index (χ0n) is 13.6. The second-order valence-corrected chi connectivity index (χ2v) is 5.99. The highest BCUT2D eigenvalue weighted by Crippen LogP contribution is 2.20. The van der Waals surface area contributed by atoms with Crippen LogP contribution in [0.2, 0.25) is 0 Å². The fraction of sp³-hybridized carbons (Fsp3) is 0.333. The van der Waals surface area contributed by atoms with E-state index in [2.05, 4.69) is 21.3 Å². The number of nitrogens with zero attached hydrogens (tertiary/aromatic N) is 3. The number of rotatable bonds is 4. The quantitative estimate of drug-likeness (QED) is 0.944. The van der Waals surface area contributed by atoms with Crippen LogP contribution < -0.4 is 5.32 Å². The smallest absolute Gasteiger partial charge is 0.238 e. The number of aromatic nitrogens is 2. The van der Waals surface area contributed by atoms with Crippen molar-refractivity contribution in [2.24, 2.45) is 7.05 Å². The van der Waals surface area contributed by atoms with E-state index in [-0.39, 0.29) is 5.91 Å². The lowest BCUT2D eigenvalue weighted by molar-refractivity contribution is -0.117. The molecule has 0 bridgehead atoms. The molecule has 5 heteroatoms. The number of carbonyl (C=O) groups excluding carboxylic acids is 1. The van der Waals surface area contributed by atoms with Gasteiger partial charge in [-0.25, -0.2) is 4.98 Å². The van der Waals surface area contributed by atoms with Crippen LogP contribution in [0.25, 0.3) is 5.57 Å². The molecule has 2 heterocycles. The van der Waals surface area contributed by atoms with Gasteiger partial charge in [-0.3, -0.25) is 9.69 Å². The molecule has 1 amide bonds. The number of imidazole rings is 1. The summed E-state index contributed by atoms with van der Waals surface area (Å²) in [6.07, 6.45) is 6.87. The van der Waals surface area contributed by atoms with Gasteiger partial charge in [0.2, 0.25) is 5.91 Å². The standard InChI is InChI=1S/C18H22N4O/c1-14-4-3-5-16(12-14)20-17(23)13-22-9-6-15(7-10-22)18-19-8-11-21(18)2/h3-6,8,11-12H,7,9-10,13H2,1-2H3,(H,20,23). The van der Waals surface area contributed by atoms with E-state index >= 15 is 0 Å². The van der Waals surface area contributed by atoms with Crippen LogP contribution in [-0.2, 0) is 11.8 Å². The Labute approximate surface area is 136 Å². The zero-order valence-corrected chi connectivity index (χ0v) is 13.6. The third kappa shape index (κ3) is 3.87. The third-order valence-electron chi connectivity index (χ3n) is 4.07. The van der Waals surface area contributed by atoms with Gasteiger partial charge in [-0.2, -0.15) is 0 Å². The molecule has 0 atom stereocenters. The molecule has 0 spiro atoms. The maximum Gasteiger partial charge on any atom is 0.238 e. The number of hydrogen-bond acceptors (Lipinski definition) is 3. The van der Waals surface area contributed by atoms with E-state index in [9.17, 15) is 4.79 Å². The largest absolute Gasteiger partial charge is 0.334 e. The SMILES string of the molecule is Cc1cccc(NC(=O)CN2CC=C(c3nccn3C)CC2)c1. The minimum absolute atomic E-state index is 0.0319. The van der Waals surface area contributed by atoms with E-state index < -0.39 is 0 Å². The topological polar surface area (TPSA) is 50.2 Å². The highest BCUT2D eigenvalue weighted by Gasteiger charge is 2.17. The molecule has 0 saturated carbocycles. The molecule has 1 aromatic carbocycles. The van der Waals surface area contributed by atoms with Crippen molar-refractivity contribution in [2.75, 3.05) is 25.0 Å². The molecule has 0 fully saturated rings. The molecular weight excluding hydrogens is 288 g/mol. The van der Waals surface area contributed by atoms with E-state index in [1.807, 2.05) is 55.2 Å². The first-order valence-corrected chi connectivity index (χ1v) is 7.87. The summed E-state index contributed by atoms with van der Waals surface area (Å²) in [6, 6.07) is 7.87. The minimum Gasteiger partial charge on any atom is -0.334 e. The van der Waals surface area contributed by atoms with Crippen LogP contribution in [0.5, 0.6) is 0 Å². The van der Waals surface area contributed by atoms with Crippen LogP contribution in [-0.4, -0.2) is 40.0 Å². The highest BCUT2D eigenvalue weighted by atomic mass is 16.2. The third-order valence-corrected chi connectivity index (χ3v) is 4.07. The predicted octanol–water partition coefficient (Wildman–Crippen LogP) is 2.46. The van der Waals surface area contributed by atoms with Crippen LogP contribution in [0.1, 0.15) is 17.8 Å². The summed E-state index contributed by atoms with van der Waals surface area (Å²) in [5.74, 6) is 1.05. The minimum atomic E-state index is 0.0319. The van der Waals surface area contributed by atoms with Gasteiger partial charge >= 0.3 is 0 Å². The molecule has 0 aliphatic carbocycles. The average Bonchev–Trinajstić information content (AvgIpc) is 2.94. The maximum absolute atomic E-state index is 12.2. The zero-order chi connectivity index (χ0) is 16.2. The van der Waals surface area contributed by atoms with Crippen LogP contribution in [0.15, 0.2) is 42.7 Å². The predicted molar refractivity (Wildman–Crippen MR) is 92.1 cm³/mol. The Morgan fingerprint density at radius 3 is 2.91 bits per heavy atom. The lowest BCUT2D eigenvalue weighted by Crippen LogP contribution is -2.36. The van der Waals surface area contributed by atoms with Gasteiger partial charge in [-0.05, 0) is 36.6 Å². The second kappa shape index (κ2) is 6.79. The molecule has 3 rings (SSSR count). The van der Waals surface area contributed by atoms with Crippen LogP contribution in [0.3, 0.4) is 0 Å². The van der Waals surface area contributed by atoms with Crippen molar-refractivity contribution in [1.29, 1.82) is 0 Å². The van der Waals surface area contributed by atoms with Crippen molar-refractivity contribution in [3.05, 3.63) is 54.1 Å². The van der Waals surface area contributed by atoms with Crippen LogP contribution in [0, 0.1) is 6.92 Å². The summed E-state index contributed by atoms with van der Waals surface area (Å²) >= 11 is 0. The van der Waals surface area contributed by atoms with Gasteiger partial charge < -0.3 is 9.88 Å². The van der Waals surface area contributed by atoms with Gasteiger partial charge in [0, 0.05) is 38.2 Å². The van der Waals surface area contributed by atoms with E-state index in [4.69, 9.17) is 0 Å². The first kappa shape index (κ1) is 15.5. The lowest BCUT2D eigenvalue weighted by atomic mass is 10.1. The Kier molecular flexibility index (Phi) is 4.57. The first-order chi connectivity index (χ1) is 11.1. The van der Waals surface area contributed by atoms with Crippen LogP contribution in [0.4, 0.5) is 5.69 Å². The van der Waals surface area contributed by atoms with Gasteiger partial charge in [-0.1, -0.05) is 18.2 Å². The fourth-order valence-corrected chi connectivity index (χ4v) is 2.86. The van der Waals surface area contributed by atoms with Crippen molar-refractivity contribution in [1.82, 2.24) is 14.5 Å². The second-order valence-electron chi connectivity index (χ2n) is 5.99. The van der Waals surface area contributed by atoms with Crippen molar-refractivity contribution in [3.8, 4) is 0 Å². The Morgan fingerprint density at radius 1 is 1.39 bits per heavy atom. The normalized spacial score (nSPS) is 15.3. The number of aryl methyl sites for hydroxylation is 2. The molecule has 120 valence electrons. The van der Waals surface area contributed by atoms with Crippen molar-refractivity contribution < 1.29 is 4.79 Å². The molecule has 0 unspecified atom stereocenters. The Balaban J connectivity index is 1.55. The number of benzene rings is 1. The molecule has 1 N–H and O–H groups in total. The monoisotopic (exact) mass is 310 g/mol. The van der Waals surface area contributed by atoms with E-state index in [0.29, 0.717) is 6.54 Å². The summed E-state index contributed by atoms with van der Waals surface area (Å²) in [6.45, 7) is 4.09. The molecule has 0 radical (unpaired) electrons. The number of nitrogens with one attached hydrogen (secondary N) is 1. The summed E-state index contributed by atoms with van der Waals surface area (Å²) in [7, 11) is 2.00. The van der Waals surface area contributed by atoms with Crippen molar-refractivity contribution >= 4 is 17.2 Å². The molecule has 5 nitrogen and oxygen atoms in total. The Hall–Kier alpha value is -2.40. The molecule has 1 aliphatic heterocycles. The molecule has 1 aromatic heterocycles. The van der Waals surface area contributed by atoms with Crippen molar-refractivity contribution in [3.63, 3.8) is 0 Å². The summed E-state index contributed by atoms with van der Waals surface area (Å²) < 4.78 is 2.03. The van der Waals surface area contributed by atoms with E-state index in [1.165, 1.54) is 5.57 Å². The van der Waals surface area contributed by atoms with E-state index in [0.717, 1.165) is 36.6 Å². The van der Waals surface area contributed by atoms with Crippen LogP contribution >= 0.6 is 0 Å². The Morgan fingerprint density at radius 2 is 2.26 bits per heavy atom. The molecular formula is C18H22N4O. The summed E-state index contributed by atoms with van der Waals surface area (Å²) in [4.78, 5) is 18.7. The summed E-state index contributed by atoms with van der Waals surface area (Å²) in [5, 5.41) is 2.96. The van der Waals surface area contributed by atoms with Crippen molar-refractivity contribution in [2.45, 2.75) is 13.3 Å². The maximum atomic E-state index is 12.2.